The zero-order valence-electron chi connectivity index (χ0n) is 12.3. The lowest BCUT2D eigenvalue weighted by molar-refractivity contribution is 0.315. The Morgan fingerprint density at radius 3 is 2.50 bits per heavy atom. The van der Waals surface area contributed by atoms with Crippen molar-refractivity contribution in [3.8, 4) is 6.07 Å². The molecule has 0 aliphatic rings. The van der Waals surface area contributed by atoms with Crippen LogP contribution in [0.5, 0.6) is 0 Å². The molecule has 0 aromatic heterocycles. The number of sulfonamides is 1. The third-order valence-electron chi connectivity index (χ3n) is 3.67. The molecule has 1 aromatic rings. The van der Waals surface area contributed by atoms with Crippen LogP contribution in [-0.4, -0.2) is 20.5 Å². The van der Waals surface area contributed by atoms with Crippen molar-refractivity contribution in [2.75, 3.05) is 6.54 Å². The molecule has 5 nitrogen and oxygen atoms in total. The smallest absolute Gasteiger partial charge is 0.241 e. The summed E-state index contributed by atoms with van der Waals surface area (Å²) in [7, 11) is -3.72. The maximum atomic E-state index is 12.5. The Balaban J connectivity index is 3.28. The molecule has 0 aliphatic heterocycles. The van der Waals surface area contributed by atoms with Crippen LogP contribution in [0.25, 0.3) is 0 Å². The van der Waals surface area contributed by atoms with Gasteiger partial charge in [0, 0.05) is 12.1 Å². The molecule has 0 aliphatic carbocycles. The molecule has 110 valence electrons. The van der Waals surface area contributed by atoms with Crippen LogP contribution in [-0.2, 0) is 10.0 Å². The molecule has 0 saturated heterocycles. The molecule has 20 heavy (non-hydrogen) atoms. The van der Waals surface area contributed by atoms with Crippen molar-refractivity contribution in [3.63, 3.8) is 0 Å². The first-order valence-electron chi connectivity index (χ1n) is 6.41. The summed E-state index contributed by atoms with van der Waals surface area (Å²) >= 11 is 0. The van der Waals surface area contributed by atoms with E-state index in [2.05, 4.69) is 4.72 Å². The number of nitrogens with one attached hydrogen (secondary N) is 1. The molecule has 1 rings (SSSR count). The highest BCUT2D eigenvalue weighted by Gasteiger charge is 2.33. The number of nitrogens with zero attached hydrogens (tertiary/aromatic N) is 1. The number of rotatable bonds is 5. The quantitative estimate of drug-likeness (QED) is 0.860. The second kappa shape index (κ2) is 5.92. The van der Waals surface area contributed by atoms with E-state index in [4.69, 9.17) is 11.0 Å². The minimum Gasteiger partial charge on any atom is -0.329 e. The fraction of sp³-hybridized carbons (Fsp3) is 0.500. The van der Waals surface area contributed by atoms with Crippen LogP contribution in [0.1, 0.15) is 31.9 Å². The van der Waals surface area contributed by atoms with E-state index in [-0.39, 0.29) is 17.4 Å². The molecule has 1 atom stereocenters. The molecule has 0 spiro atoms. The number of nitrogens with two attached hydrogens (primary N) is 1. The first-order valence-corrected chi connectivity index (χ1v) is 7.89. The predicted octanol–water partition coefficient (Wildman–Crippen LogP) is 1.52. The van der Waals surface area contributed by atoms with Gasteiger partial charge in [0.05, 0.1) is 16.5 Å². The summed E-state index contributed by atoms with van der Waals surface area (Å²) in [5.74, 6) is 0.0433. The largest absolute Gasteiger partial charge is 0.329 e. The summed E-state index contributed by atoms with van der Waals surface area (Å²) < 4.78 is 27.7. The standard InChI is InChI=1S/C14H21N3O2S/c1-10(2)14(4,9-16)17-20(18,19)13-7-12(8-15)6-5-11(13)3/h5-7,10,17H,9,16H2,1-4H3. The Morgan fingerprint density at radius 2 is 2.05 bits per heavy atom. The molecule has 1 aromatic carbocycles. The van der Waals surface area contributed by atoms with E-state index >= 15 is 0 Å². The fourth-order valence-electron chi connectivity index (χ4n) is 1.72. The summed E-state index contributed by atoms with van der Waals surface area (Å²) in [6.45, 7) is 7.49. The van der Waals surface area contributed by atoms with Crippen LogP contribution in [0.15, 0.2) is 23.1 Å². The van der Waals surface area contributed by atoms with Crippen molar-refractivity contribution < 1.29 is 8.42 Å². The van der Waals surface area contributed by atoms with Crippen molar-refractivity contribution in [3.05, 3.63) is 29.3 Å². The fourth-order valence-corrected chi connectivity index (χ4v) is 3.53. The molecule has 0 amide bonds. The average Bonchev–Trinajstić information content (AvgIpc) is 2.38. The zero-order chi connectivity index (χ0) is 15.6. The van der Waals surface area contributed by atoms with Gasteiger partial charge in [-0.15, -0.1) is 0 Å². The normalized spacial score (nSPS) is 14.8. The lowest BCUT2D eigenvalue weighted by Crippen LogP contribution is -2.54. The molecule has 6 heteroatoms. The maximum Gasteiger partial charge on any atom is 0.241 e. The zero-order valence-corrected chi connectivity index (χ0v) is 13.1. The van der Waals surface area contributed by atoms with Gasteiger partial charge in [0.1, 0.15) is 0 Å². The molecular formula is C14H21N3O2S. The highest BCUT2D eigenvalue weighted by Crippen LogP contribution is 2.22. The third-order valence-corrected chi connectivity index (χ3v) is 5.43. The SMILES string of the molecule is Cc1ccc(C#N)cc1S(=O)(=O)NC(C)(CN)C(C)C. The second-order valence-corrected chi connectivity index (χ2v) is 7.12. The van der Waals surface area contributed by atoms with Crippen LogP contribution in [0.2, 0.25) is 0 Å². The van der Waals surface area contributed by atoms with E-state index in [1.165, 1.54) is 6.07 Å². The Kier molecular flexibility index (Phi) is 4.92. The minimum absolute atomic E-state index is 0.0433. The number of aryl methyl sites for hydroxylation is 1. The number of benzene rings is 1. The third kappa shape index (κ3) is 3.37. The van der Waals surface area contributed by atoms with Crippen molar-refractivity contribution in [1.29, 1.82) is 5.26 Å². The molecule has 1 unspecified atom stereocenters. The molecule has 0 radical (unpaired) electrons. The van der Waals surface area contributed by atoms with Crippen molar-refractivity contribution in [1.82, 2.24) is 4.72 Å². The predicted molar refractivity (Wildman–Crippen MR) is 78.5 cm³/mol. The Bertz CT molecular complexity index is 632. The van der Waals surface area contributed by atoms with Gasteiger partial charge in [-0.25, -0.2) is 13.1 Å². The summed E-state index contributed by atoms with van der Waals surface area (Å²) in [5.41, 5.74) is 5.89. The van der Waals surface area contributed by atoms with Crippen LogP contribution in [0, 0.1) is 24.2 Å². The van der Waals surface area contributed by atoms with Gasteiger partial charge in [-0.05, 0) is 37.5 Å². The van der Waals surface area contributed by atoms with Gasteiger partial charge in [-0.1, -0.05) is 19.9 Å². The lowest BCUT2D eigenvalue weighted by atomic mass is 9.90. The van der Waals surface area contributed by atoms with Gasteiger partial charge in [-0.3, -0.25) is 0 Å². The molecule has 3 N–H and O–H groups in total. The van der Waals surface area contributed by atoms with Crippen LogP contribution < -0.4 is 10.5 Å². The van der Waals surface area contributed by atoms with E-state index in [0.717, 1.165) is 0 Å². The Hall–Kier alpha value is -1.42. The van der Waals surface area contributed by atoms with Gasteiger partial charge >= 0.3 is 0 Å². The van der Waals surface area contributed by atoms with Gasteiger partial charge < -0.3 is 5.73 Å². The van der Waals surface area contributed by atoms with Crippen LogP contribution in [0.3, 0.4) is 0 Å². The summed E-state index contributed by atoms with van der Waals surface area (Å²) in [6, 6.07) is 6.56. The summed E-state index contributed by atoms with van der Waals surface area (Å²) in [4.78, 5) is 0.122. The Morgan fingerprint density at radius 1 is 1.45 bits per heavy atom. The topological polar surface area (TPSA) is 96.0 Å². The molecule has 0 bridgehead atoms. The Labute approximate surface area is 120 Å². The highest BCUT2D eigenvalue weighted by molar-refractivity contribution is 7.89. The number of nitriles is 1. The van der Waals surface area contributed by atoms with E-state index < -0.39 is 15.6 Å². The van der Waals surface area contributed by atoms with Gasteiger partial charge in [-0.2, -0.15) is 5.26 Å². The van der Waals surface area contributed by atoms with E-state index in [9.17, 15) is 8.42 Å². The molecular weight excluding hydrogens is 274 g/mol. The first-order chi connectivity index (χ1) is 9.16. The van der Waals surface area contributed by atoms with E-state index in [1.807, 2.05) is 19.9 Å². The first kappa shape index (κ1) is 16.6. The van der Waals surface area contributed by atoms with Crippen LogP contribution in [0.4, 0.5) is 0 Å². The maximum absolute atomic E-state index is 12.5. The average molecular weight is 295 g/mol. The van der Waals surface area contributed by atoms with E-state index in [0.29, 0.717) is 11.1 Å². The van der Waals surface area contributed by atoms with Gasteiger partial charge in [0.15, 0.2) is 0 Å². The van der Waals surface area contributed by atoms with Gasteiger partial charge in [0.25, 0.3) is 0 Å². The van der Waals surface area contributed by atoms with E-state index in [1.54, 1.807) is 26.0 Å². The lowest BCUT2D eigenvalue weighted by Gasteiger charge is -2.33. The van der Waals surface area contributed by atoms with Gasteiger partial charge in [0.2, 0.25) is 10.0 Å². The van der Waals surface area contributed by atoms with Crippen molar-refractivity contribution in [2.45, 2.75) is 38.1 Å². The number of hydrogen-bond donors (Lipinski definition) is 2. The minimum atomic E-state index is -3.72. The second-order valence-electron chi connectivity index (χ2n) is 5.47. The number of hydrogen-bond acceptors (Lipinski definition) is 4. The van der Waals surface area contributed by atoms with Crippen molar-refractivity contribution in [2.24, 2.45) is 11.7 Å². The summed E-state index contributed by atoms with van der Waals surface area (Å²) in [5, 5.41) is 8.90. The monoisotopic (exact) mass is 295 g/mol. The molecule has 0 saturated carbocycles. The van der Waals surface area contributed by atoms with Crippen molar-refractivity contribution >= 4 is 10.0 Å². The molecule has 0 fully saturated rings. The highest BCUT2D eigenvalue weighted by atomic mass is 32.2. The summed E-state index contributed by atoms with van der Waals surface area (Å²) in [6.07, 6.45) is 0. The van der Waals surface area contributed by atoms with Crippen LogP contribution >= 0.6 is 0 Å². The molecule has 0 heterocycles.